The van der Waals surface area contributed by atoms with Crippen LogP contribution in [0.3, 0.4) is 0 Å². The normalized spacial score (nSPS) is 12.6. The molecule has 1 atom stereocenters. The summed E-state index contributed by atoms with van der Waals surface area (Å²) in [6.45, 7) is 6.11. The summed E-state index contributed by atoms with van der Waals surface area (Å²) >= 11 is 4.96. The van der Waals surface area contributed by atoms with Crippen LogP contribution in [-0.2, 0) is 0 Å². The molecule has 1 rings (SSSR count). The first-order valence-electron chi connectivity index (χ1n) is 4.87. The van der Waals surface area contributed by atoms with Crippen molar-refractivity contribution in [1.29, 1.82) is 0 Å². The van der Waals surface area contributed by atoms with Gasteiger partial charge in [0.2, 0.25) is 0 Å². The molecule has 84 valence electrons. The van der Waals surface area contributed by atoms with Crippen molar-refractivity contribution in [3.05, 3.63) is 21.4 Å². The number of amides is 1. The molecular formula is C11H16BrNOS. The Morgan fingerprint density at radius 3 is 2.60 bits per heavy atom. The lowest BCUT2D eigenvalue weighted by atomic mass is 10.2. The van der Waals surface area contributed by atoms with Crippen LogP contribution >= 0.6 is 27.3 Å². The molecular weight excluding hydrogens is 274 g/mol. The highest BCUT2D eigenvalue weighted by molar-refractivity contribution is 9.09. The predicted molar refractivity (Wildman–Crippen MR) is 69.1 cm³/mol. The van der Waals surface area contributed by atoms with Crippen LogP contribution in [0.5, 0.6) is 0 Å². The minimum atomic E-state index is 0.114. The average Bonchev–Trinajstić information content (AvgIpc) is 2.56. The largest absolute Gasteiger partial charge is 0.337 e. The minimum Gasteiger partial charge on any atom is -0.337 e. The van der Waals surface area contributed by atoms with Gasteiger partial charge in [-0.15, -0.1) is 11.3 Å². The third-order valence-electron chi connectivity index (χ3n) is 2.58. The van der Waals surface area contributed by atoms with Crippen LogP contribution in [0.4, 0.5) is 0 Å². The lowest BCUT2D eigenvalue weighted by molar-refractivity contribution is 0.0763. The van der Waals surface area contributed by atoms with Crippen LogP contribution in [0.2, 0.25) is 0 Å². The van der Waals surface area contributed by atoms with Crippen LogP contribution in [-0.4, -0.2) is 29.2 Å². The zero-order chi connectivity index (χ0) is 11.6. The SMILES string of the molecule is Cc1cc(C(=O)N(C)C(C)CBr)sc1C. The Hall–Kier alpha value is -0.350. The molecule has 0 N–H and O–H groups in total. The van der Waals surface area contributed by atoms with Gasteiger partial charge in [0.05, 0.1) is 4.88 Å². The smallest absolute Gasteiger partial charge is 0.263 e. The lowest BCUT2D eigenvalue weighted by Gasteiger charge is -2.22. The van der Waals surface area contributed by atoms with E-state index in [4.69, 9.17) is 0 Å². The van der Waals surface area contributed by atoms with Crippen molar-refractivity contribution in [2.45, 2.75) is 26.8 Å². The molecule has 1 heterocycles. The molecule has 0 aliphatic rings. The van der Waals surface area contributed by atoms with Crippen molar-refractivity contribution in [3.63, 3.8) is 0 Å². The number of rotatable bonds is 3. The molecule has 0 spiro atoms. The molecule has 0 aliphatic carbocycles. The summed E-state index contributed by atoms with van der Waals surface area (Å²) in [6.07, 6.45) is 0. The van der Waals surface area contributed by atoms with Crippen molar-refractivity contribution in [3.8, 4) is 0 Å². The molecule has 0 radical (unpaired) electrons. The number of carbonyl (C=O) groups excluding carboxylic acids is 1. The fraction of sp³-hybridized carbons (Fsp3) is 0.545. The Morgan fingerprint density at radius 1 is 1.60 bits per heavy atom. The molecule has 0 saturated carbocycles. The van der Waals surface area contributed by atoms with Crippen molar-refractivity contribution in [2.75, 3.05) is 12.4 Å². The van der Waals surface area contributed by atoms with E-state index in [0.717, 1.165) is 10.2 Å². The van der Waals surface area contributed by atoms with Gasteiger partial charge in [0.15, 0.2) is 0 Å². The van der Waals surface area contributed by atoms with E-state index in [2.05, 4.69) is 15.9 Å². The summed E-state index contributed by atoms with van der Waals surface area (Å²) in [5, 5.41) is 0.804. The van der Waals surface area contributed by atoms with E-state index < -0.39 is 0 Å². The van der Waals surface area contributed by atoms with Crippen molar-refractivity contribution in [2.24, 2.45) is 0 Å². The second kappa shape index (κ2) is 5.12. The van der Waals surface area contributed by atoms with E-state index >= 15 is 0 Å². The highest BCUT2D eigenvalue weighted by Gasteiger charge is 2.18. The van der Waals surface area contributed by atoms with Crippen LogP contribution in [0.1, 0.15) is 27.0 Å². The Kier molecular flexibility index (Phi) is 4.34. The first-order valence-corrected chi connectivity index (χ1v) is 6.81. The fourth-order valence-corrected chi connectivity index (χ4v) is 2.61. The molecule has 1 unspecified atom stereocenters. The number of halogens is 1. The van der Waals surface area contributed by atoms with E-state index in [0.29, 0.717) is 0 Å². The van der Waals surface area contributed by atoms with E-state index in [1.54, 1.807) is 16.2 Å². The summed E-state index contributed by atoms with van der Waals surface area (Å²) < 4.78 is 0. The van der Waals surface area contributed by atoms with Crippen molar-refractivity contribution < 1.29 is 4.79 Å². The van der Waals surface area contributed by atoms with Gasteiger partial charge in [0.1, 0.15) is 0 Å². The van der Waals surface area contributed by atoms with Gasteiger partial charge < -0.3 is 4.90 Å². The highest BCUT2D eigenvalue weighted by atomic mass is 79.9. The molecule has 0 fully saturated rings. The molecule has 4 heteroatoms. The number of carbonyl (C=O) groups is 1. The second-order valence-electron chi connectivity index (χ2n) is 3.77. The van der Waals surface area contributed by atoms with Gasteiger partial charge in [0, 0.05) is 23.3 Å². The van der Waals surface area contributed by atoms with Gasteiger partial charge in [-0.25, -0.2) is 0 Å². The Morgan fingerprint density at radius 2 is 2.20 bits per heavy atom. The number of hydrogen-bond donors (Lipinski definition) is 0. The van der Waals surface area contributed by atoms with Crippen molar-refractivity contribution in [1.82, 2.24) is 4.90 Å². The average molecular weight is 290 g/mol. The molecule has 0 bridgehead atoms. The lowest BCUT2D eigenvalue weighted by Crippen LogP contribution is -2.35. The van der Waals surface area contributed by atoms with E-state index in [1.807, 2.05) is 33.9 Å². The predicted octanol–water partition coefficient (Wildman–Crippen LogP) is 3.22. The highest BCUT2D eigenvalue weighted by Crippen LogP contribution is 2.22. The maximum atomic E-state index is 12.0. The Balaban J connectivity index is 2.85. The van der Waals surface area contributed by atoms with Crippen molar-refractivity contribution >= 4 is 33.2 Å². The standard InChI is InChI=1S/C11H16BrNOS/c1-7-5-10(15-9(7)3)11(14)13(4)8(2)6-12/h5,8H,6H2,1-4H3. The maximum Gasteiger partial charge on any atom is 0.263 e. The molecule has 15 heavy (non-hydrogen) atoms. The third-order valence-corrected chi connectivity index (χ3v) is 4.66. The molecule has 0 aromatic carbocycles. The van der Waals surface area contributed by atoms with E-state index in [1.165, 1.54) is 10.4 Å². The van der Waals surface area contributed by atoms with Crippen LogP contribution in [0.15, 0.2) is 6.07 Å². The van der Waals surface area contributed by atoms with E-state index in [-0.39, 0.29) is 11.9 Å². The molecule has 1 aromatic rings. The molecule has 0 saturated heterocycles. The molecule has 0 aliphatic heterocycles. The quantitative estimate of drug-likeness (QED) is 0.783. The Bertz CT molecular complexity index is 342. The monoisotopic (exact) mass is 289 g/mol. The zero-order valence-corrected chi connectivity index (χ0v) is 11.9. The first-order chi connectivity index (χ1) is 6.97. The number of nitrogens with zero attached hydrogens (tertiary/aromatic N) is 1. The summed E-state index contributed by atoms with van der Waals surface area (Å²) in [7, 11) is 1.85. The summed E-state index contributed by atoms with van der Waals surface area (Å²) in [5.74, 6) is 0.114. The first kappa shape index (κ1) is 12.7. The summed E-state index contributed by atoms with van der Waals surface area (Å²) in [6, 6.07) is 2.19. The minimum absolute atomic E-state index is 0.114. The summed E-state index contributed by atoms with van der Waals surface area (Å²) in [5.41, 5.74) is 1.20. The molecule has 2 nitrogen and oxygen atoms in total. The van der Waals surface area contributed by atoms with Gasteiger partial charge in [0.25, 0.3) is 5.91 Å². The van der Waals surface area contributed by atoms with E-state index in [9.17, 15) is 4.79 Å². The van der Waals surface area contributed by atoms with Gasteiger partial charge in [-0.2, -0.15) is 0 Å². The van der Waals surface area contributed by atoms with Gasteiger partial charge in [-0.05, 0) is 32.4 Å². The molecule has 1 amide bonds. The number of thiophene rings is 1. The van der Waals surface area contributed by atoms with Gasteiger partial charge in [-0.1, -0.05) is 15.9 Å². The second-order valence-corrected chi connectivity index (χ2v) is 5.67. The topological polar surface area (TPSA) is 20.3 Å². The van der Waals surface area contributed by atoms with Gasteiger partial charge in [-0.3, -0.25) is 4.79 Å². The van der Waals surface area contributed by atoms with Crippen LogP contribution in [0.25, 0.3) is 0 Å². The zero-order valence-electron chi connectivity index (χ0n) is 9.50. The number of alkyl halides is 1. The van der Waals surface area contributed by atoms with Crippen LogP contribution < -0.4 is 0 Å². The Labute approximate surface area is 103 Å². The fourth-order valence-electron chi connectivity index (χ4n) is 1.16. The third kappa shape index (κ3) is 2.82. The van der Waals surface area contributed by atoms with Gasteiger partial charge >= 0.3 is 0 Å². The number of hydrogen-bond acceptors (Lipinski definition) is 2. The van der Waals surface area contributed by atoms with Crippen LogP contribution in [0, 0.1) is 13.8 Å². The number of aryl methyl sites for hydroxylation is 2. The molecule has 1 aromatic heterocycles. The maximum absolute atomic E-state index is 12.0. The summed E-state index contributed by atoms with van der Waals surface area (Å²) in [4.78, 5) is 15.9.